The van der Waals surface area contributed by atoms with Crippen LogP contribution in [0.3, 0.4) is 0 Å². The lowest BCUT2D eigenvalue weighted by Gasteiger charge is -2.19. The van der Waals surface area contributed by atoms with Crippen LogP contribution < -0.4 is 9.62 Å². The Bertz CT molecular complexity index is 1250. The van der Waals surface area contributed by atoms with Crippen molar-refractivity contribution in [3.05, 3.63) is 72.4 Å². The molecule has 0 aliphatic heterocycles. The summed E-state index contributed by atoms with van der Waals surface area (Å²) in [6.45, 7) is 3.44. The van der Waals surface area contributed by atoms with Gasteiger partial charge >= 0.3 is 0 Å². The number of nitrogens with zero attached hydrogens (tertiary/aromatic N) is 4. The van der Waals surface area contributed by atoms with Gasteiger partial charge in [-0.3, -0.25) is 9.10 Å². The predicted octanol–water partition coefficient (Wildman–Crippen LogP) is 3.82. The molecule has 30 heavy (non-hydrogen) atoms. The molecule has 4 aromatic rings. The summed E-state index contributed by atoms with van der Waals surface area (Å²) in [5.74, 6) is 0.269. The van der Waals surface area contributed by atoms with Gasteiger partial charge in [0.25, 0.3) is 0 Å². The van der Waals surface area contributed by atoms with E-state index >= 15 is 0 Å². The standard InChI is InChI=1S/C22H21N5O2S/c1-15-7-9-19(10-8-15)30(29)26(3)18-6-4-5-17(13-18)20-11-12-22-24-21(23-16(2)28)14-27(22)25-20/h4-14H,1-3H3,(H,23,28). The van der Waals surface area contributed by atoms with Crippen molar-refractivity contribution in [2.24, 2.45) is 0 Å². The van der Waals surface area contributed by atoms with E-state index in [4.69, 9.17) is 0 Å². The average Bonchev–Trinajstić information content (AvgIpc) is 3.14. The Hall–Kier alpha value is -3.52. The zero-order valence-corrected chi connectivity index (χ0v) is 17.7. The van der Waals surface area contributed by atoms with Crippen LogP contribution in [0, 0.1) is 6.92 Å². The molecule has 2 aromatic heterocycles. The number of aryl methyl sites for hydroxylation is 1. The van der Waals surface area contributed by atoms with Gasteiger partial charge in [-0.25, -0.2) is 13.7 Å². The zero-order chi connectivity index (χ0) is 21.3. The monoisotopic (exact) mass is 419 g/mol. The van der Waals surface area contributed by atoms with E-state index in [0.29, 0.717) is 11.5 Å². The van der Waals surface area contributed by atoms with Crippen molar-refractivity contribution in [2.45, 2.75) is 18.7 Å². The van der Waals surface area contributed by atoms with E-state index in [-0.39, 0.29) is 5.91 Å². The van der Waals surface area contributed by atoms with Crippen molar-refractivity contribution >= 4 is 34.0 Å². The van der Waals surface area contributed by atoms with Gasteiger partial charge in [0.1, 0.15) is 0 Å². The van der Waals surface area contributed by atoms with Crippen molar-refractivity contribution in [2.75, 3.05) is 16.7 Å². The molecule has 2 heterocycles. The Morgan fingerprint density at radius 3 is 2.60 bits per heavy atom. The first-order valence-electron chi connectivity index (χ1n) is 9.37. The molecule has 2 aromatic carbocycles. The summed E-state index contributed by atoms with van der Waals surface area (Å²) in [6, 6.07) is 19.1. The van der Waals surface area contributed by atoms with Crippen molar-refractivity contribution in [3.8, 4) is 11.3 Å². The minimum Gasteiger partial charge on any atom is -0.310 e. The minimum absolute atomic E-state index is 0.184. The maximum atomic E-state index is 12.9. The SMILES string of the molecule is CC(=O)Nc1cn2nc(-c3cccc(N(C)S(=O)c4ccc(C)cc4)c3)ccc2n1. The number of hydrogen-bond acceptors (Lipinski definition) is 4. The quantitative estimate of drug-likeness (QED) is 0.533. The van der Waals surface area contributed by atoms with Crippen molar-refractivity contribution in [1.29, 1.82) is 0 Å². The maximum absolute atomic E-state index is 12.9. The van der Waals surface area contributed by atoms with Gasteiger partial charge in [-0.1, -0.05) is 29.8 Å². The number of benzene rings is 2. The zero-order valence-electron chi connectivity index (χ0n) is 16.9. The summed E-state index contributed by atoms with van der Waals surface area (Å²) in [4.78, 5) is 16.3. The van der Waals surface area contributed by atoms with E-state index < -0.39 is 11.0 Å². The van der Waals surface area contributed by atoms with Crippen molar-refractivity contribution < 1.29 is 9.00 Å². The number of imidazole rings is 1. The summed E-state index contributed by atoms with van der Waals surface area (Å²) < 4.78 is 16.3. The molecule has 0 saturated carbocycles. The molecule has 4 rings (SSSR count). The van der Waals surface area contributed by atoms with Gasteiger partial charge in [0.2, 0.25) is 5.91 Å². The Morgan fingerprint density at radius 2 is 1.87 bits per heavy atom. The van der Waals surface area contributed by atoms with Crippen LogP contribution >= 0.6 is 0 Å². The number of anilines is 2. The second-order valence-electron chi connectivity index (χ2n) is 6.94. The van der Waals surface area contributed by atoms with E-state index in [2.05, 4.69) is 15.4 Å². The fourth-order valence-corrected chi connectivity index (χ4v) is 4.04. The third-order valence-electron chi connectivity index (χ3n) is 4.60. The lowest BCUT2D eigenvalue weighted by atomic mass is 10.1. The van der Waals surface area contributed by atoms with E-state index in [0.717, 1.165) is 27.4 Å². The molecule has 0 saturated heterocycles. The number of rotatable bonds is 5. The third-order valence-corrected chi connectivity index (χ3v) is 5.98. The highest BCUT2D eigenvalue weighted by Gasteiger charge is 2.13. The third kappa shape index (κ3) is 4.08. The Balaban J connectivity index is 1.63. The van der Waals surface area contributed by atoms with Gasteiger partial charge in [0.15, 0.2) is 22.5 Å². The van der Waals surface area contributed by atoms with E-state index in [1.807, 2.05) is 67.6 Å². The van der Waals surface area contributed by atoms with Crippen LogP contribution in [0.4, 0.5) is 11.5 Å². The molecule has 1 amide bonds. The largest absolute Gasteiger partial charge is 0.310 e. The molecule has 0 fully saturated rings. The molecule has 1 unspecified atom stereocenters. The summed E-state index contributed by atoms with van der Waals surface area (Å²) in [7, 11) is 0.488. The highest BCUT2D eigenvalue weighted by molar-refractivity contribution is 7.86. The summed E-state index contributed by atoms with van der Waals surface area (Å²) in [5, 5.41) is 7.25. The molecule has 0 aliphatic rings. The van der Waals surface area contributed by atoms with Gasteiger partial charge in [0.05, 0.1) is 16.8 Å². The molecule has 0 bridgehead atoms. The fourth-order valence-electron chi connectivity index (χ4n) is 3.05. The first-order chi connectivity index (χ1) is 14.4. The number of amides is 1. The number of carbonyl (C=O) groups excluding carboxylic acids is 1. The molecule has 0 radical (unpaired) electrons. The number of nitrogens with one attached hydrogen (secondary N) is 1. The van der Waals surface area contributed by atoms with Crippen LogP contribution in [0.5, 0.6) is 0 Å². The van der Waals surface area contributed by atoms with Crippen molar-refractivity contribution in [3.63, 3.8) is 0 Å². The van der Waals surface area contributed by atoms with Crippen LogP contribution in [0.2, 0.25) is 0 Å². The molecule has 7 nitrogen and oxygen atoms in total. The predicted molar refractivity (Wildman–Crippen MR) is 119 cm³/mol. The van der Waals surface area contributed by atoms with Crippen LogP contribution in [-0.4, -0.2) is 31.8 Å². The molecular weight excluding hydrogens is 398 g/mol. The van der Waals surface area contributed by atoms with Crippen LogP contribution in [0.1, 0.15) is 12.5 Å². The van der Waals surface area contributed by atoms with Crippen LogP contribution in [0.15, 0.2) is 71.8 Å². The second-order valence-corrected chi connectivity index (χ2v) is 8.46. The van der Waals surface area contributed by atoms with Gasteiger partial charge < -0.3 is 5.32 Å². The normalized spacial score (nSPS) is 12.0. The first kappa shape index (κ1) is 19.8. The number of hydrogen-bond donors (Lipinski definition) is 1. The number of carbonyl (C=O) groups is 1. The molecule has 1 N–H and O–H groups in total. The lowest BCUT2D eigenvalue weighted by Crippen LogP contribution is -2.20. The Morgan fingerprint density at radius 1 is 1.10 bits per heavy atom. The number of aromatic nitrogens is 3. The topological polar surface area (TPSA) is 79.6 Å². The first-order valence-corrected chi connectivity index (χ1v) is 10.5. The van der Waals surface area contributed by atoms with Crippen LogP contribution in [-0.2, 0) is 15.8 Å². The molecule has 0 aliphatic carbocycles. The average molecular weight is 420 g/mol. The van der Waals surface area contributed by atoms with E-state index in [1.54, 1.807) is 22.1 Å². The maximum Gasteiger partial charge on any atom is 0.222 e. The summed E-state index contributed by atoms with van der Waals surface area (Å²) in [6.07, 6.45) is 1.67. The fraction of sp³-hybridized carbons (Fsp3) is 0.136. The van der Waals surface area contributed by atoms with Gasteiger partial charge in [-0.2, -0.15) is 5.10 Å². The second kappa shape index (κ2) is 8.08. The highest BCUT2D eigenvalue weighted by Crippen LogP contribution is 2.25. The number of fused-ring (bicyclic) bond motifs is 1. The van der Waals surface area contributed by atoms with Gasteiger partial charge in [0, 0.05) is 25.2 Å². The van der Waals surface area contributed by atoms with E-state index in [9.17, 15) is 9.00 Å². The Kier molecular flexibility index (Phi) is 5.33. The highest BCUT2D eigenvalue weighted by atomic mass is 32.2. The summed E-state index contributed by atoms with van der Waals surface area (Å²) in [5.41, 5.74) is 4.21. The summed E-state index contributed by atoms with van der Waals surface area (Å²) >= 11 is 0. The molecule has 8 heteroatoms. The molecule has 1 atom stereocenters. The molecule has 0 spiro atoms. The minimum atomic E-state index is -1.32. The molecule has 152 valence electrons. The van der Waals surface area contributed by atoms with Crippen molar-refractivity contribution in [1.82, 2.24) is 14.6 Å². The van der Waals surface area contributed by atoms with Gasteiger partial charge in [-0.05, 0) is 43.3 Å². The van der Waals surface area contributed by atoms with Gasteiger partial charge in [-0.15, -0.1) is 0 Å². The lowest BCUT2D eigenvalue weighted by molar-refractivity contribution is -0.114. The molecular formula is C22H21N5O2S. The smallest absolute Gasteiger partial charge is 0.222 e. The van der Waals surface area contributed by atoms with Crippen LogP contribution in [0.25, 0.3) is 16.9 Å². The van der Waals surface area contributed by atoms with E-state index in [1.165, 1.54) is 6.92 Å². The Labute approximate surface area is 177 Å².